The van der Waals surface area contributed by atoms with Crippen LogP contribution in [0.4, 0.5) is 0 Å². The first-order valence-corrected chi connectivity index (χ1v) is 1.07. The largest absolute Gasteiger partial charge is 3.00 e. The van der Waals surface area contributed by atoms with E-state index in [1.54, 1.807) is 0 Å². The van der Waals surface area contributed by atoms with Crippen LogP contribution in [0.5, 0.6) is 0 Å². The molecule has 0 aliphatic rings. The Balaban J connectivity index is -0.0000000417. The molecule has 0 saturated carbocycles. The average molecular weight is 281 g/mol. The van der Waals surface area contributed by atoms with E-state index in [0.717, 1.165) is 0 Å². The number of carboxylic acid groups (broad SMARTS) is 2. The first-order valence-electron chi connectivity index (χ1n) is 1.07. The van der Waals surface area contributed by atoms with Gasteiger partial charge in [-0.1, -0.05) is 0 Å². The summed E-state index contributed by atoms with van der Waals surface area (Å²) in [4.78, 5) is 17.9. The van der Waals surface area contributed by atoms with Crippen molar-refractivity contribution in [3.05, 3.63) is 0 Å². The van der Waals surface area contributed by atoms with Gasteiger partial charge in [0.05, 0.1) is 11.9 Å². The van der Waals surface area contributed by atoms with Gasteiger partial charge in [-0.25, -0.2) is 0 Å². The first kappa shape index (κ1) is 22.9. The summed E-state index contributed by atoms with van der Waals surface area (Å²) in [5.41, 5.74) is 0. The van der Waals surface area contributed by atoms with E-state index < -0.39 is 11.9 Å². The SMILES string of the molecule is O.O.O=C([O-])C(=O)[O-].[Gd+3]. The number of hydrogen-bond donors (Lipinski definition) is 0. The molecular weight excluding hydrogens is 277 g/mol. The Morgan fingerprint density at radius 3 is 1.00 bits per heavy atom. The molecule has 0 atom stereocenters. The van der Waals surface area contributed by atoms with Crippen molar-refractivity contribution < 1.29 is 70.7 Å². The van der Waals surface area contributed by atoms with E-state index in [1.165, 1.54) is 0 Å². The van der Waals surface area contributed by atoms with Crippen LogP contribution in [0, 0.1) is 39.9 Å². The Hall–Kier alpha value is 0.185. The maximum atomic E-state index is 8.93. The molecule has 55 valence electrons. The predicted molar refractivity (Wildman–Crippen MR) is 17.2 cm³/mol. The minimum absolute atomic E-state index is 0. The molecule has 0 spiro atoms. The molecule has 9 heavy (non-hydrogen) atoms. The predicted octanol–water partition coefficient (Wildman–Crippen LogP) is -5.16. The Labute approximate surface area is 82.2 Å². The third-order valence-corrected chi connectivity index (χ3v) is 0.167. The minimum Gasteiger partial charge on any atom is -0.543 e. The van der Waals surface area contributed by atoms with Crippen LogP contribution >= 0.6 is 0 Å². The fourth-order valence-electron chi connectivity index (χ4n) is 0. The van der Waals surface area contributed by atoms with Gasteiger partial charge in [0.15, 0.2) is 0 Å². The van der Waals surface area contributed by atoms with Crippen LogP contribution in [0.15, 0.2) is 0 Å². The monoisotopic (exact) mass is 282 g/mol. The topological polar surface area (TPSA) is 143 Å². The number of hydrogen-bond acceptors (Lipinski definition) is 4. The van der Waals surface area contributed by atoms with Gasteiger partial charge in [0.2, 0.25) is 0 Å². The van der Waals surface area contributed by atoms with Crippen LogP contribution in [0.25, 0.3) is 0 Å². The smallest absolute Gasteiger partial charge is 0.543 e. The van der Waals surface area contributed by atoms with E-state index in [-0.39, 0.29) is 50.9 Å². The molecule has 1 radical (unpaired) electrons. The maximum absolute atomic E-state index is 8.93. The van der Waals surface area contributed by atoms with Crippen LogP contribution in [-0.4, -0.2) is 22.9 Å². The van der Waals surface area contributed by atoms with Gasteiger partial charge in [0.1, 0.15) is 0 Å². The summed E-state index contributed by atoms with van der Waals surface area (Å²) < 4.78 is 0. The van der Waals surface area contributed by atoms with E-state index in [4.69, 9.17) is 19.8 Å². The van der Waals surface area contributed by atoms with Gasteiger partial charge in [-0.05, 0) is 0 Å². The van der Waals surface area contributed by atoms with E-state index in [2.05, 4.69) is 0 Å². The summed E-state index contributed by atoms with van der Waals surface area (Å²) in [6.45, 7) is 0. The van der Waals surface area contributed by atoms with Crippen LogP contribution < -0.4 is 10.2 Å². The van der Waals surface area contributed by atoms with Crippen LogP contribution in [-0.2, 0) is 9.59 Å². The summed E-state index contributed by atoms with van der Waals surface area (Å²) >= 11 is 0. The van der Waals surface area contributed by atoms with Crippen LogP contribution in [0.2, 0.25) is 0 Å². The Morgan fingerprint density at radius 2 is 1.00 bits per heavy atom. The quantitative estimate of drug-likeness (QED) is 0.409. The molecule has 4 N–H and O–H groups in total. The third-order valence-electron chi connectivity index (χ3n) is 0.167. The number of carbonyl (C=O) groups excluding carboxylic acids is 2. The summed E-state index contributed by atoms with van der Waals surface area (Å²) in [7, 11) is 0. The molecule has 0 aromatic heterocycles. The number of aliphatic carboxylic acids is 2. The van der Waals surface area contributed by atoms with Gasteiger partial charge >= 0.3 is 39.9 Å². The van der Waals surface area contributed by atoms with Gasteiger partial charge in [-0.15, -0.1) is 0 Å². The molecular formula is C2H4GdO6+. The molecule has 7 heteroatoms. The first-order chi connectivity index (χ1) is 2.64. The molecule has 0 bridgehead atoms. The second-order valence-electron chi connectivity index (χ2n) is 0.575. The molecule has 0 heterocycles. The molecule has 0 fully saturated rings. The molecule has 0 aliphatic carbocycles. The van der Waals surface area contributed by atoms with Crippen LogP contribution in [0.3, 0.4) is 0 Å². The van der Waals surface area contributed by atoms with E-state index in [9.17, 15) is 0 Å². The zero-order chi connectivity index (χ0) is 5.15. The molecule has 0 aromatic carbocycles. The van der Waals surface area contributed by atoms with E-state index in [0.29, 0.717) is 0 Å². The van der Waals surface area contributed by atoms with E-state index >= 15 is 0 Å². The summed E-state index contributed by atoms with van der Waals surface area (Å²) in [5, 5.41) is 17.9. The van der Waals surface area contributed by atoms with Crippen molar-refractivity contribution >= 4 is 11.9 Å². The zero-order valence-electron chi connectivity index (χ0n) is 3.99. The third kappa shape index (κ3) is 17.9. The molecule has 0 rings (SSSR count). The zero-order valence-corrected chi connectivity index (χ0v) is 6.26. The van der Waals surface area contributed by atoms with E-state index in [1.807, 2.05) is 0 Å². The number of carboxylic acids is 2. The van der Waals surface area contributed by atoms with Crippen molar-refractivity contribution in [1.82, 2.24) is 0 Å². The molecule has 6 nitrogen and oxygen atoms in total. The minimum atomic E-state index is -2.19. The number of rotatable bonds is 0. The maximum Gasteiger partial charge on any atom is 3.00 e. The summed E-state index contributed by atoms with van der Waals surface area (Å²) in [5.74, 6) is -4.37. The molecule has 0 aromatic rings. The fourth-order valence-corrected chi connectivity index (χ4v) is 0. The molecule has 0 unspecified atom stereocenters. The van der Waals surface area contributed by atoms with Crippen LogP contribution in [0.1, 0.15) is 0 Å². The standard InChI is InChI=1S/C2H2O4.Gd.2H2O/c3-1(4)2(5)6;;;/h(H,3,4)(H,5,6);;2*1H2/q;+3;;/p-2. The molecule has 0 saturated heterocycles. The van der Waals surface area contributed by atoms with Crippen molar-refractivity contribution in [2.24, 2.45) is 0 Å². The van der Waals surface area contributed by atoms with Crippen molar-refractivity contribution in [3.63, 3.8) is 0 Å². The van der Waals surface area contributed by atoms with Crippen molar-refractivity contribution in [1.29, 1.82) is 0 Å². The van der Waals surface area contributed by atoms with Gasteiger partial charge in [0, 0.05) is 0 Å². The van der Waals surface area contributed by atoms with Gasteiger partial charge in [-0.3, -0.25) is 0 Å². The second kappa shape index (κ2) is 11.0. The second-order valence-corrected chi connectivity index (χ2v) is 0.575. The van der Waals surface area contributed by atoms with Crippen molar-refractivity contribution in [2.75, 3.05) is 0 Å². The van der Waals surface area contributed by atoms with Gasteiger partial charge in [0.25, 0.3) is 0 Å². The van der Waals surface area contributed by atoms with Crippen molar-refractivity contribution in [3.8, 4) is 0 Å². The fraction of sp³-hybridized carbons (Fsp3) is 0. The van der Waals surface area contributed by atoms with Gasteiger partial charge in [-0.2, -0.15) is 0 Å². The normalized spacial score (nSPS) is 4.89. The summed E-state index contributed by atoms with van der Waals surface area (Å²) in [6.07, 6.45) is 0. The van der Waals surface area contributed by atoms with Gasteiger partial charge < -0.3 is 30.8 Å². The summed E-state index contributed by atoms with van der Waals surface area (Å²) in [6, 6.07) is 0. The molecule has 0 aliphatic heterocycles. The Kier molecular flexibility index (Phi) is 28.1. The Bertz CT molecular complexity index is 77.1. The van der Waals surface area contributed by atoms with Crippen molar-refractivity contribution in [2.45, 2.75) is 0 Å². The average Bonchev–Trinajstić information content (AvgIpc) is 1.36. The Morgan fingerprint density at radius 1 is 0.889 bits per heavy atom. The molecule has 0 amide bonds. The number of carbonyl (C=O) groups is 2.